The lowest BCUT2D eigenvalue weighted by Crippen LogP contribution is -2.05. The molecule has 0 radical (unpaired) electrons. The predicted octanol–water partition coefficient (Wildman–Crippen LogP) is 2.55. The van der Waals surface area contributed by atoms with Crippen molar-refractivity contribution >= 4 is 10.1 Å². The highest BCUT2D eigenvalue weighted by Gasteiger charge is 2.24. The number of phenolic OH excluding ortho intramolecular Hbond substituents is 1. The molecule has 0 fully saturated rings. The van der Waals surface area contributed by atoms with Gasteiger partial charge in [-0.15, -0.1) is 4.33 Å². The lowest BCUT2D eigenvalue weighted by Gasteiger charge is -2.12. The summed E-state index contributed by atoms with van der Waals surface area (Å²) in [6.45, 7) is 1.65. The van der Waals surface area contributed by atoms with E-state index in [9.17, 15) is 13.5 Å². The van der Waals surface area contributed by atoms with Crippen molar-refractivity contribution in [1.29, 1.82) is 0 Å². The Morgan fingerprint density at radius 3 is 2.26 bits per heavy atom. The second-order valence-corrected chi connectivity index (χ2v) is 5.50. The first-order valence-corrected chi connectivity index (χ1v) is 6.84. The van der Waals surface area contributed by atoms with E-state index in [0.29, 0.717) is 11.1 Å². The minimum absolute atomic E-state index is 0.106. The molecule has 2 N–H and O–H groups in total. The zero-order chi connectivity index (χ0) is 14.0. The minimum Gasteiger partial charge on any atom is -0.507 e. The lowest BCUT2D eigenvalue weighted by atomic mass is 10.0. The van der Waals surface area contributed by atoms with Crippen LogP contribution in [-0.4, -0.2) is 18.8 Å². The smallest absolute Gasteiger partial charge is 0.323 e. The van der Waals surface area contributed by atoms with Crippen molar-refractivity contribution in [3.63, 3.8) is 0 Å². The summed E-state index contributed by atoms with van der Waals surface area (Å²) in [5.41, 5.74) is 1.14. The van der Waals surface area contributed by atoms with E-state index in [1.165, 1.54) is 12.1 Å². The van der Waals surface area contributed by atoms with E-state index >= 15 is 0 Å². The van der Waals surface area contributed by atoms with E-state index in [0.717, 1.165) is 0 Å². The van der Waals surface area contributed by atoms with Crippen LogP contribution in [0.4, 0.5) is 0 Å². The van der Waals surface area contributed by atoms with Crippen molar-refractivity contribution in [1.82, 2.24) is 0 Å². The van der Waals surface area contributed by atoms with Gasteiger partial charge in [-0.25, -0.2) is 5.26 Å². The van der Waals surface area contributed by atoms with Gasteiger partial charge in [-0.1, -0.05) is 36.4 Å². The average molecular weight is 280 g/mol. The molecule has 0 amide bonds. The Morgan fingerprint density at radius 1 is 1.05 bits per heavy atom. The summed E-state index contributed by atoms with van der Waals surface area (Å²) in [5, 5.41) is 18.6. The molecule has 2 rings (SSSR count). The van der Waals surface area contributed by atoms with E-state index in [2.05, 4.69) is 4.33 Å². The highest BCUT2D eigenvalue weighted by molar-refractivity contribution is 7.86. The Morgan fingerprint density at radius 2 is 1.68 bits per heavy atom. The molecule has 0 unspecified atom stereocenters. The Balaban J connectivity index is 2.81. The second-order valence-electron chi connectivity index (χ2n) is 4.00. The molecule has 0 aliphatic rings. The van der Waals surface area contributed by atoms with Crippen molar-refractivity contribution in [3.8, 4) is 16.9 Å². The first-order valence-electron chi connectivity index (χ1n) is 5.43. The van der Waals surface area contributed by atoms with Crippen molar-refractivity contribution in [2.75, 3.05) is 0 Å². The third-order valence-corrected chi connectivity index (χ3v) is 3.85. The van der Waals surface area contributed by atoms with E-state index in [-0.39, 0.29) is 16.2 Å². The van der Waals surface area contributed by atoms with Gasteiger partial charge in [0.1, 0.15) is 10.6 Å². The van der Waals surface area contributed by atoms with E-state index in [1.54, 1.807) is 37.3 Å². The van der Waals surface area contributed by atoms with Crippen molar-refractivity contribution in [2.45, 2.75) is 11.8 Å². The average Bonchev–Trinajstić information content (AvgIpc) is 2.42. The third kappa shape index (κ3) is 2.46. The minimum atomic E-state index is -4.32. The van der Waals surface area contributed by atoms with Gasteiger partial charge in [0.25, 0.3) is 0 Å². The molecule has 19 heavy (non-hydrogen) atoms. The summed E-state index contributed by atoms with van der Waals surface area (Å²) < 4.78 is 26.9. The number of phenols is 1. The molecular formula is C13H12O5S. The molecule has 0 aliphatic heterocycles. The standard InChI is InChI=1S/C13H12O5S/c1-9-7-8-11(19(16,17)18-15)12(13(9)14)10-5-3-2-4-6-10/h2-8,14-15H,1H3. The SMILES string of the molecule is Cc1ccc(S(=O)(=O)OO)c(-c2ccccc2)c1O. The molecule has 0 saturated heterocycles. The fourth-order valence-electron chi connectivity index (χ4n) is 1.81. The van der Waals surface area contributed by atoms with Gasteiger partial charge in [-0.2, -0.15) is 8.42 Å². The maximum Gasteiger partial charge on any atom is 0.323 e. The van der Waals surface area contributed by atoms with Gasteiger partial charge in [0.05, 0.1) is 0 Å². The fraction of sp³-hybridized carbons (Fsp3) is 0.0769. The van der Waals surface area contributed by atoms with E-state index < -0.39 is 10.1 Å². The molecular weight excluding hydrogens is 268 g/mol. The molecule has 2 aromatic carbocycles. The molecule has 0 bridgehead atoms. The van der Waals surface area contributed by atoms with Crippen molar-refractivity contribution < 1.29 is 23.1 Å². The number of aryl methyl sites for hydroxylation is 1. The van der Waals surface area contributed by atoms with Crippen LogP contribution < -0.4 is 0 Å². The highest BCUT2D eigenvalue weighted by atomic mass is 32.2. The van der Waals surface area contributed by atoms with E-state index in [4.69, 9.17) is 5.26 Å². The van der Waals surface area contributed by atoms with Gasteiger partial charge in [0.2, 0.25) is 0 Å². The Labute approximate surface area is 110 Å². The monoisotopic (exact) mass is 280 g/mol. The number of aromatic hydroxyl groups is 1. The number of hydrogen-bond acceptors (Lipinski definition) is 5. The molecule has 2 aromatic rings. The lowest BCUT2D eigenvalue weighted by molar-refractivity contribution is -0.130. The normalized spacial score (nSPS) is 11.5. The molecule has 0 aliphatic carbocycles. The topological polar surface area (TPSA) is 83.8 Å². The summed E-state index contributed by atoms with van der Waals surface area (Å²) >= 11 is 0. The van der Waals surface area contributed by atoms with Crippen LogP contribution in [0.5, 0.6) is 5.75 Å². The fourth-order valence-corrected chi connectivity index (χ4v) is 2.59. The summed E-state index contributed by atoms with van der Waals surface area (Å²) in [4.78, 5) is -0.288. The summed E-state index contributed by atoms with van der Waals surface area (Å²) in [7, 11) is -4.32. The van der Waals surface area contributed by atoms with Crippen LogP contribution in [0.3, 0.4) is 0 Å². The van der Waals surface area contributed by atoms with Crippen LogP contribution >= 0.6 is 0 Å². The molecule has 0 spiro atoms. The summed E-state index contributed by atoms with van der Waals surface area (Å²) in [5.74, 6) is -0.163. The van der Waals surface area contributed by atoms with Gasteiger partial charge in [-0.05, 0) is 24.1 Å². The predicted molar refractivity (Wildman–Crippen MR) is 69.2 cm³/mol. The molecule has 0 atom stereocenters. The zero-order valence-corrected chi connectivity index (χ0v) is 10.9. The van der Waals surface area contributed by atoms with Crippen LogP contribution in [-0.2, 0) is 14.5 Å². The third-order valence-electron chi connectivity index (χ3n) is 2.77. The number of hydrogen-bond donors (Lipinski definition) is 2. The quantitative estimate of drug-likeness (QED) is 0.666. The van der Waals surface area contributed by atoms with Gasteiger partial charge in [0, 0.05) is 5.56 Å². The zero-order valence-electron chi connectivity index (χ0n) is 10.1. The Hall–Kier alpha value is -1.89. The molecule has 6 heteroatoms. The number of rotatable bonds is 3. The number of benzene rings is 2. The highest BCUT2D eigenvalue weighted by Crippen LogP contribution is 2.37. The van der Waals surface area contributed by atoms with Crippen LogP contribution in [0, 0.1) is 6.92 Å². The maximum atomic E-state index is 11.7. The van der Waals surface area contributed by atoms with Crippen LogP contribution in [0.2, 0.25) is 0 Å². The summed E-state index contributed by atoms with van der Waals surface area (Å²) in [6, 6.07) is 11.2. The van der Waals surface area contributed by atoms with Gasteiger partial charge >= 0.3 is 10.1 Å². The van der Waals surface area contributed by atoms with E-state index in [1.807, 2.05) is 0 Å². The molecule has 0 saturated carbocycles. The Bertz CT molecular complexity index is 692. The first-order chi connectivity index (χ1) is 8.97. The first kappa shape index (κ1) is 13.5. The largest absolute Gasteiger partial charge is 0.507 e. The molecule has 0 heterocycles. The van der Waals surface area contributed by atoms with Crippen LogP contribution in [0.15, 0.2) is 47.4 Å². The summed E-state index contributed by atoms with van der Waals surface area (Å²) in [6.07, 6.45) is 0. The second kappa shape index (κ2) is 5.00. The maximum absolute atomic E-state index is 11.7. The van der Waals surface area contributed by atoms with Crippen LogP contribution in [0.25, 0.3) is 11.1 Å². The van der Waals surface area contributed by atoms with Gasteiger partial charge in [0.15, 0.2) is 0 Å². The van der Waals surface area contributed by atoms with Crippen LogP contribution in [0.1, 0.15) is 5.56 Å². The van der Waals surface area contributed by atoms with Gasteiger partial charge in [-0.3, -0.25) is 0 Å². The molecule has 5 nitrogen and oxygen atoms in total. The van der Waals surface area contributed by atoms with Crippen molar-refractivity contribution in [3.05, 3.63) is 48.0 Å². The molecule has 0 aromatic heterocycles. The molecule has 100 valence electrons. The Kier molecular flexibility index (Phi) is 3.57. The van der Waals surface area contributed by atoms with Crippen molar-refractivity contribution in [2.24, 2.45) is 0 Å². The van der Waals surface area contributed by atoms with Gasteiger partial charge < -0.3 is 5.11 Å².